The first-order valence-electron chi connectivity index (χ1n) is 20.3. The van der Waals surface area contributed by atoms with Crippen LogP contribution in [0.2, 0.25) is 0 Å². The van der Waals surface area contributed by atoms with Crippen LogP contribution in [-0.2, 0) is 21.7 Å². The van der Waals surface area contributed by atoms with Crippen LogP contribution in [0.4, 0.5) is 0 Å². The molecular weight excluding hydrogens is 867 g/mol. The molecule has 0 radical (unpaired) electrons. The van der Waals surface area contributed by atoms with Crippen LogP contribution in [0.25, 0.3) is 82.2 Å². The van der Waals surface area contributed by atoms with Gasteiger partial charge in [-0.05, 0) is 0 Å². The maximum absolute atomic E-state index is 11.1. The third kappa shape index (κ3) is 5.82. The molecule has 0 amide bonds. The van der Waals surface area contributed by atoms with Gasteiger partial charge in [0, 0.05) is 0 Å². The molecule has 60 heavy (non-hydrogen) atoms. The molecule has 0 aliphatic rings. The first kappa shape index (κ1) is 39.9. The Hall–Kier alpha value is -5.56. The van der Waals surface area contributed by atoms with Crippen LogP contribution >= 0.6 is 0 Å². The molecule has 0 aliphatic carbocycles. The Morgan fingerprint density at radius 1 is 0.333 bits per heavy atom. The van der Waals surface area contributed by atoms with E-state index in [2.05, 4.69) is 166 Å². The van der Waals surface area contributed by atoms with E-state index < -0.39 is 29.0 Å². The van der Waals surface area contributed by atoms with Crippen molar-refractivity contribution in [3.8, 4) is 24.3 Å². The third-order valence-corrected chi connectivity index (χ3v) is 17.6. The minimum atomic E-state index is -0.428. The number of rotatable bonds is 0. The van der Waals surface area contributed by atoms with Crippen molar-refractivity contribution in [1.82, 2.24) is 9.97 Å². The van der Waals surface area contributed by atoms with Gasteiger partial charge in [0.15, 0.2) is 0 Å². The molecule has 2 N–H and O–H groups in total. The van der Waals surface area contributed by atoms with Crippen LogP contribution in [0, 0.1) is 45.3 Å². The van der Waals surface area contributed by atoms with Crippen molar-refractivity contribution in [2.24, 2.45) is 0 Å². The summed E-state index contributed by atoms with van der Waals surface area (Å²) in [5.74, 6) is 0. The van der Waals surface area contributed by atoms with Crippen LogP contribution in [0.3, 0.4) is 0 Å². The van der Waals surface area contributed by atoms with Crippen LogP contribution in [-0.4, -0.2) is 39.0 Å². The van der Waals surface area contributed by atoms with Crippen molar-refractivity contribution >= 4 is 111 Å². The van der Waals surface area contributed by atoms with Crippen molar-refractivity contribution in [3.63, 3.8) is 0 Å². The monoisotopic (exact) mass is 914 g/mol. The van der Waals surface area contributed by atoms with Crippen molar-refractivity contribution < 1.29 is 0 Å². The molecule has 8 heteroatoms. The molecule has 0 fully saturated rings. The number of hydrogen-bond acceptors (Lipinski definition) is 4. The Bertz CT molecular complexity index is 3150. The van der Waals surface area contributed by atoms with Gasteiger partial charge in [0.25, 0.3) is 0 Å². The van der Waals surface area contributed by atoms with E-state index in [1.807, 2.05) is 0 Å². The van der Waals surface area contributed by atoms with Gasteiger partial charge in [-0.1, -0.05) is 0 Å². The summed E-state index contributed by atoms with van der Waals surface area (Å²) in [5, 5.41) is 52.2. The van der Waals surface area contributed by atoms with E-state index in [0.717, 1.165) is 104 Å². The average Bonchev–Trinajstić information content (AvgIpc) is 3.94. The topological polar surface area (TPSA) is 127 Å². The maximum atomic E-state index is 11.1. The molecule has 5 heterocycles. The van der Waals surface area contributed by atoms with Gasteiger partial charge in [-0.3, -0.25) is 0 Å². The third-order valence-electron chi connectivity index (χ3n) is 12.3. The summed E-state index contributed by atoms with van der Waals surface area (Å²) < 4.78 is 3.57. The fourth-order valence-electron chi connectivity index (χ4n) is 8.70. The van der Waals surface area contributed by atoms with Crippen molar-refractivity contribution in [2.45, 2.75) is 105 Å². The number of nitriles is 4. The molecule has 0 atom stereocenters. The summed E-state index contributed by atoms with van der Waals surface area (Å²) in [4.78, 5) is 7.79. The first-order valence-corrected chi connectivity index (χ1v) is 23.8. The zero-order chi connectivity index (χ0) is 43.2. The molecule has 6 nitrogen and oxygen atoms in total. The number of aromatic nitrogens is 2. The van der Waals surface area contributed by atoms with Gasteiger partial charge in [-0.2, -0.15) is 0 Å². The number of hydrogen-bond donors (Lipinski definition) is 2. The van der Waals surface area contributed by atoms with Crippen LogP contribution in [0.15, 0.2) is 48.5 Å². The predicted molar refractivity (Wildman–Crippen MR) is 252 cm³/mol. The van der Waals surface area contributed by atoms with E-state index >= 15 is 0 Å². The second-order valence-corrected chi connectivity index (χ2v) is 24.8. The summed E-state index contributed by atoms with van der Waals surface area (Å²) >= 11 is -0.856. The van der Waals surface area contributed by atoms with Crippen LogP contribution < -0.4 is 0 Å². The summed E-state index contributed by atoms with van der Waals surface area (Å²) in [6, 6.07) is 28.2. The zero-order valence-corrected chi connectivity index (χ0v) is 39.7. The summed E-state index contributed by atoms with van der Waals surface area (Å²) in [6.45, 7) is 26.5. The quantitative estimate of drug-likeness (QED) is 0.147. The molecule has 5 aromatic heterocycles. The number of nitrogens with one attached hydrogen (secondary N) is 2. The first-order chi connectivity index (χ1) is 28.1. The molecule has 0 saturated carbocycles. The molecule has 4 aromatic carbocycles. The summed E-state index contributed by atoms with van der Waals surface area (Å²) in [5.41, 5.74) is 8.98. The Morgan fingerprint density at radius 2 is 0.517 bits per heavy atom. The van der Waals surface area contributed by atoms with Gasteiger partial charge in [0.2, 0.25) is 0 Å². The minimum absolute atomic E-state index is 0.227. The standard InChI is InChI=1S/C52H46N6Se2/c1-49(2,3)25-13-29-30-14-26(50(4,5)6)18-34-42(30)57-41(29)33(17-25)45-37(21-53)38(22-54)46(59-45)35-19-27(51(7,8)9)15-31-32-16-28(52(10,11)12)20-36(44(32)58-43(31)35)48-40(24-56)39(23-55)47(34)60-48/h13-20,57-58H,1-12H3. The molecule has 0 unspecified atom stereocenters. The molecule has 9 aromatic rings. The van der Waals surface area contributed by atoms with Crippen LogP contribution in [0.5, 0.6) is 0 Å². The molecule has 8 bridgehead atoms. The van der Waals surface area contributed by atoms with Crippen molar-refractivity contribution in [1.29, 1.82) is 21.0 Å². The normalized spacial score (nSPS) is 12.9. The predicted octanol–water partition coefficient (Wildman–Crippen LogP) is 12.9. The Labute approximate surface area is 362 Å². The van der Waals surface area contributed by atoms with Crippen molar-refractivity contribution in [3.05, 3.63) is 93.0 Å². The van der Waals surface area contributed by atoms with Gasteiger partial charge >= 0.3 is 364 Å². The molecule has 0 spiro atoms. The number of fused-ring (bicyclic) bond motifs is 10. The van der Waals surface area contributed by atoms with Gasteiger partial charge in [0.05, 0.1) is 0 Å². The van der Waals surface area contributed by atoms with E-state index in [1.54, 1.807) is 0 Å². The zero-order valence-electron chi connectivity index (χ0n) is 36.2. The second kappa shape index (κ2) is 13.0. The number of nitrogens with zero attached hydrogens (tertiary/aromatic N) is 4. The van der Waals surface area contributed by atoms with Crippen molar-refractivity contribution in [2.75, 3.05) is 0 Å². The molecule has 296 valence electrons. The fraction of sp³-hybridized carbons (Fsp3) is 0.308. The number of H-pyrrole nitrogens is 2. The molecule has 9 rings (SSSR count). The Kier molecular flexibility index (Phi) is 8.62. The van der Waals surface area contributed by atoms with Gasteiger partial charge in [-0.15, -0.1) is 0 Å². The van der Waals surface area contributed by atoms with E-state index in [1.165, 1.54) is 0 Å². The van der Waals surface area contributed by atoms with E-state index in [4.69, 9.17) is 0 Å². The second-order valence-electron chi connectivity index (χ2n) is 20.5. The van der Waals surface area contributed by atoms with E-state index in [0.29, 0.717) is 22.3 Å². The van der Waals surface area contributed by atoms with Gasteiger partial charge in [0.1, 0.15) is 0 Å². The van der Waals surface area contributed by atoms with E-state index in [-0.39, 0.29) is 21.7 Å². The molecule has 0 saturated heterocycles. The van der Waals surface area contributed by atoms with E-state index in [9.17, 15) is 21.0 Å². The summed E-state index contributed by atoms with van der Waals surface area (Å²) in [6.07, 6.45) is 0. The van der Waals surface area contributed by atoms with Gasteiger partial charge in [-0.25, -0.2) is 0 Å². The van der Waals surface area contributed by atoms with Crippen LogP contribution in [0.1, 0.15) is 128 Å². The molecular formula is C52H46N6Se2. The molecule has 0 aliphatic heterocycles. The summed E-state index contributed by atoms with van der Waals surface area (Å²) in [7, 11) is 0. The Morgan fingerprint density at radius 3 is 0.683 bits per heavy atom. The number of aromatic amines is 2. The Balaban J connectivity index is 1.74. The number of benzene rings is 4. The fourth-order valence-corrected chi connectivity index (χ4v) is 13.9. The SMILES string of the molecule is CC(C)(C)c1cc2c3[se]c(c(C#N)c3C#N)c3cc(C(C)(C)C)cc4c5cc(C(C)(C)C)cc(c6[se]c(c(C#N)c6C#N)c6cc(C(C)(C)C)cc7c(c1)c2[nH]c67)c5[nH]c34. The van der Waals surface area contributed by atoms with Gasteiger partial charge < -0.3 is 0 Å². The average molecular weight is 913 g/mol.